The summed E-state index contributed by atoms with van der Waals surface area (Å²) in [5.74, 6) is 0.672. The Bertz CT molecular complexity index is 1200. The molecule has 0 aliphatic heterocycles. The maximum Gasteiger partial charge on any atom is 0.257 e. The molecule has 2 aromatic carbocycles. The summed E-state index contributed by atoms with van der Waals surface area (Å²) < 4.78 is 5.79. The average Bonchev–Trinajstić information content (AvgIpc) is 3.18. The molecule has 7 heteroatoms. The monoisotopic (exact) mass is 416 g/mol. The van der Waals surface area contributed by atoms with Gasteiger partial charge in [0.25, 0.3) is 5.91 Å². The number of fused-ring (bicyclic) bond motifs is 1. The van der Waals surface area contributed by atoms with Gasteiger partial charge in [-0.2, -0.15) is 0 Å². The number of rotatable bonds is 4. The van der Waals surface area contributed by atoms with Gasteiger partial charge in [-0.05, 0) is 66.2 Å². The number of hydrogen-bond donors (Lipinski definition) is 2. The topological polar surface area (TPSA) is 80.0 Å². The van der Waals surface area contributed by atoms with Crippen LogP contribution in [0.5, 0.6) is 0 Å². The Morgan fingerprint density at radius 2 is 1.77 bits per heavy atom. The molecular formula is C23H20N4O2S. The summed E-state index contributed by atoms with van der Waals surface area (Å²) in [5.41, 5.74) is 4.63. The van der Waals surface area contributed by atoms with Crippen LogP contribution < -0.4 is 10.6 Å². The zero-order valence-corrected chi connectivity index (χ0v) is 17.4. The second kappa shape index (κ2) is 8.42. The molecule has 0 saturated heterocycles. The van der Waals surface area contributed by atoms with Gasteiger partial charge in [-0.15, -0.1) is 0 Å². The summed E-state index contributed by atoms with van der Waals surface area (Å²) in [6.07, 6.45) is 3.38. The van der Waals surface area contributed by atoms with E-state index in [1.165, 1.54) is 5.56 Å². The van der Waals surface area contributed by atoms with Crippen molar-refractivity contribution < 1.29 is 9.21 Å². The Balaban J connectivity index is 1.44. The molecule has 0 saturated carbocycles. The maximum atomic E-state index is 12.4. The molecule has 0 atom stereocenters. The molecule has 0 aliphatic rings. The van der Waals surface area contributed by atoms with Gasteiger partial charge in [0.15, 0.2) is 10.7 Å². The number of hydrogen-bond acceptors (Lipinski definition) is 5. The highest BCUT2D eigenvalue weighted by Gasteiger charge is 2.11. The van der Waals surface area contributed by atoms with Crippen molar-refractivity contribution in [1.29, 1.82) is 0 Å². The molecule has 150 valence electrons. The van der Waals surface area contributed by atoms with Gasteiger partial charge in [0.2, 0.25) is 5.89 Å². The first kappa shape index (κ1) is 19.7. The van der Waals surface area contributed by atoms with Crippen LogP contribution >= 0.6 is 12.2 Å². The lowest BCUT2D eigenvalue weighted by atomic mass is 10.0. The van der Waals surface area contributed by atoms with E-state index < -0.39 is 0 Å². The van der Waals surface area contributed by atoms with Crippen LogP contribution in [0.4, 0.5) is 5.69 Å². The zero-order valence-electron chi connectivity index (χ0n) is 16.5. The number of oxazole rings is 1. The van der Waals surface area contributed by atoms with Crippen molar-refractivity contribution in [1.82, 2.24) is 15.3 Å². The average molecular weight is 417 g/mol. The Hall–Kier alpha value is -3.58. The largest absolute Gasteiger partial charge is 0.436 e. The van der Waals surface area contributed by atoms with Crippen LogP contribution in [0.3, 0.4) is 0 Å². The molecule has 6 nitrogen and oxygen atoms in total. The van der Waals surface area contributed by atoms with Crippen molar-refractivity contribution in [3.05, 3.63) is 78.1 Å². The number of benzene rings is 2. The Labute approximate surface area is 179 Å². The van der Waals surface area contributed by atoms with Crippen LogP contribution in [0.25, 0.3) is 22.6 Å². The van der Waals surface area contributed by atoms with Crippen LogP contribution in [0.1, 0.15) is 35.7 Å². The lowest BCUT2D eigenvalue weighted by molar-refractivity contribution is 0.0977. The van der Waals surface area contributed by atoms with E-state index in [0.717, 1.165) is 5.56 Å². The van der Waals surface area contributed by atoms with Crippen molar-refractivity contribution >= 4 is 40.0 Å². The SMILES string of the molecule is CC(C)c1ccc(C(=O)NC(=S)Nc2ccc3oc(-c4ccncc4)nc3c2)cc1. The highest BCUT2D eigenvalue weighted by molar-refractivity contribution is 7.80. The van der Waals surface area contributed by atoms with Gasteiger partial charge in [0.1, 0.15) is 5.52 Å². The second-order valence-corrected chi connectivity index (χ2v) is 7.53. The molecule has 0 aliphatic carbocycles. The van der Waals surface area contributed by atoms with Crippen molar-refractivity contribution in [3.63, 3.8) is 0 Å². The molecule has 2 N–H and O–H groups in total. The molecule has 2 aromatic heterocycles. The fourth-order valence-corrected chi connectivity index (χ4v) is 3.19. The van der Waals surface area contributed by atoms with E-state index in [1.54, 1.807) is 24.5 Å². The minimum atomic E-state index is -0.259. The van der Waals surface area contributed by atoms with Crippen LogP contribution in [0.15, 0.2) is 71.4 Å². The lowest BCUT2D eigenvalue weighted by Gasteiger charge is -2.10. The molecular weight excluding hydrogens is 396 g/mol. The van der Waals surface area contributed by atoms with Gasteiger partial charge in [0.05, 0.1) is 0 Å². The number of nitrogens with one attached hydrogen (secondary N) is 2. The predicted molar refractivity (Wildman–Crippen MR) is 121 cm³/mol. The third kappa shape index (κ3) is 4.36. The molecule has 4 aromatic rings. The number of amides is 1. The Morgan fingerprint density at radius 3 is 2.47 bits per heavy atom. The second-order valence-electron chi connectivity index (χ2n) is 7.12. The summed E-state index contributed by atoms with van der Waals surface area (Å²) in [6.45, 7) is 4.22. The molecule has 0 bridgehead atoms. The van der Waals surface area contributed by atoms with E-state index in [9.17, 15) is 4.79 Å². The number of carbonyl (C=O) groups excluding carboxylic acids is 1. The standard InChI is InChI=1S/C23H20N4O2S/c1-14(2)15-3-5-16(6-4-15)21(28)27-23(30)25-18-7-8-20-19(13-18)26-22(29-20)17-9-11-24-12-10-17/h3-14H,1-2H3,(H2,25,27,28,30). The normalized spacial score (nSPS) is 10.9. The van der Waals surface area contributed by atoms with E-state index in [4.69, 9.17) is 16.6 Å². The third-order valence-electron chi connectivity index (χ3n) is 4.64. The zero-order chi connectivity index (χ0) is 21.1. The molecule has 0 radical (unpaired) electrons. The van der Waals surface area contributed by atoms with Gasteiger partial charge < -0.3 is 9.73 Å². The number of thiocarbonyl (C=S) groups is 1. The van der Waals surface area contributed by atoms with E-state index in [-0.39, 0.29) is 11.0 Å². The molecule has 30 heavy (non-hydrogen) atoms. The first-order valence-corrected chi connectivity index (χ1v) is 9.94. The molecule has 0 unspecified atom stereocenters. The quantitative estimate of drug-likeness (QED) is 0.449. The van der Waals surface area contributed by atoms with Crippen molar-refractivity contribution in [2.24, 2.45) is 0 Å². The Kier molecular flexibility index (Phi) is 5.54. The number of pyridine rings is 1. The molecule has 1 amide bonds. The Morgan fingerprint density at radius 1 is 1.03 bits per heavy atom. The lowest BCUT2D eigenvalue weighted by Crippen LogP contribution is -2.34. The van der Waals surface area contributed by atoms with E-state index in [0.29, 0.717) is 34.2 Å². The minimum Gasteiger partial charge on any atom is -0.436 e. The van der Waals surface area contributed by atoms with Crippen molar-refractivity contribution in [2.45, 2.75) is 19.8 Å². The van der Waals surface area contributed by atoms with Crippen LogP contribution in [-0.2, 0) is 0 Å². The van der Waals surface area contributed by atoms with Crippen LogP contribution in [0.2, 0.25) is 0 Å². The van der Waals surface area contributed by atoms with Gasteiger partial charge in [-0.25, -0.2) is 4.98 Å². The predicted octanol–water partition coefficient (Wildman–Crippen LogP) is 5.14. The van der Waals surface area contributed by atoms with Gasteiger partial charge >= 0.3 is 0 Å². The number of carbonyl (C=O) groups is 1. The van der Waals surface area contributed by atoms with E-state index in [1.807, 2.05) is 42.5 Å². The van der Waals surface area contributed by atoms with E-state index in [2.05, 4.69) is 34.4 Å². The van der Waals surface area contributed by atoms with Gasteiger partial charge in [0, 0.05) is 29.2 Å². The first-order chi connectivity index (χ1) is 14.5. The summed E-state index contributed by atoms with van der Waals surface area (Å²) in [4.78, 5) is 20.9. The number of nitrogens with zero attached hydrogens (tertiary/aromatic N) is 2. The van der Waals surface area contributed by atoms with Crippen molar-refractivity contribution in [3.8, 4) is 11.5 Å². The molecule has 0 spiro atoms. The fourth-order valence-electron chi connectivity index (χ4n) is 2.98. The molecule has 0 fully saturated rings. The van der Waals surface area contributed by atoms with Gasteiger partial charge in [-0.3, -0.25) is 15.1 Å². The third-order valence-corrected chi connectivity index (χ3v) is 4.84. The number of aromatic nitrogens is 2. The van der Waals surface area contributed by atoms with E-state index >= 15 is 0 Å². The summed E-state index contributed by atoms with van der Waals surface area (Å²) in [6, 6.07) is 16.6. The van der Waals surface area contributed by atoms with Crippen LogP contribution in [-0.4, -0.2) is 21.0 Å². The summed E-state index contributed by atoms with van der Waals surface area (Å²) in [5, 5.41) is 5.94. The highest BCUT2D eigenvalue weighted by atomic mass is 32.1. The van der Waals surface area contributed by atoms with Gasteiger partial charge in [-0.1, -0.05) is 26.0 Å². The van der Waals surface area contributed by atoms with Crippen LogP contribution in [0, 0.1) is 0 Å². The first-order valence-electron chi connectivity index (χ1n) is 9.53. The molecule has 2 heterocycles. The van der Waals surface area contributed by atoms with Crippen molar-refractivity contribution in [2.75, 3.05) is 5.32 Å². The smallest absolute Gasteiger partial charge is 0.257 e. The highest BCUT2D eigenvalue weighted by Crippen LogP contribution is 2.25. The molecule has 4 rings (SSSR count). The number of anilines is 1. The fraction of sp³-hybridized carbons (Fsp3) is 0.130. The summed E-state index contributed by atoms with van der Waals surface area (Å²) in [7, 11) is 0. The maximum absolute atomic E-state index is 12.4. The minimum absolute atomic E-state index is 0.213. The summed E-state index contributed by atoms with van der Waals surface area (Å²) >= 11 is 5.29.